The highest BCUT2D eigenvalue weighted by Crippen LogP contribution is 2.45. The number of unbranched alkanes of at least 4 members (excludes halogenated alkanes) is 34. The van der Waals surface area contributed by atoms with Gasteiger partial charge in [0.25, 0.3) is 0 Å². The first kappa shape index (κ1) is 90.5. The van der Waals surface area contributed by atoms with Gasteiger partial charge in [-0.1, -0.05) is 297 Å². The van der Waals surface area contributed by atoms with E-state index in [0.717, 1.165) is 121 Å². The molecule has 0 saturated carbocycles. The van der Waals surface area contributed by atoms with Crippen LogP contribution in [0.25, 0.3) is 0 Å². The molecule has 0 aliphatic heterocycles. The monoisotopic (exact) mass is 1360 g/mol. The normalized spacial score (nSPS) is 14.6. The van der Waals surface area contributed by atoms with Gasteiger partial charge in [-0.05, 0) is 69.1 Å². The zero-order valence-electron chi connectivity index (χ0n) is 60.2. The maximum Gasteiger partial charge on any atom is 0.472 e. The Balaban J connectivity index is 5.27. The molecule has 0 aromatic rings. The van der Waals surface area contributed by atoms with Crippen molar-refractivity contribution in [2.24, 2.45) is 17.8 Å². The van der Waals surface area contributed by atoms with Gasteiger partial charge in [0.05, 0.1) is 26.4 Å². The molecule has 19 heteroatoms. The molecular weight excluding hydrogens is 1220 g/mol. The smallest absolute Gasteiger partial charge is 0.462 e. The number of allylic oxidation sites excluding steroid dienone is 4. The van der Waals surface area contributed by atoms with Crippen LogP contribution in [0.15, 0.2) is 24.3 Å². The number of aliphatic hydroxyl groups excluding tert-OH is 1. The van der Waals surface area contributed by atoms with Crippen molar-refractivity contribution in [1.29, 1.82) is 0 Å². The molecule has 0 aromatic carbocycles. The maximum absolute atomic E-state index is 13.1. The van der Waals surface area contributed by atoms with Crippen LogP contribution in [0.3, 0.4) is 0 Å². The predicted octanol–water partition coefficient (Wildman–Crippen LogP) is 21.0. The number of phosphoric ester groups is 2. The molecule has 0 aliphatic rings. The number of hydrogen-bond acceptors (Lipinski definition) is 15. The van der Waals surface area contributed by atoms with Crippen LogP contribution in [0, 0.1) is 17.8 Å². The van der Waals surface area contributed by atoms with E-state index in [4.69, 9.17) is 37.0 Å². The highest BCUT2D eigenvalue weighted by Gasteiger charge is 2.30. The first-order chi connectivity index (χ1) is 44.8. The van der Waals surface area contributed by atoms with Gasteiger partial charge in [-0.15, -0.1) is 0 Å². The number of aliphatic hydroxyl groups is 1. The van der Waals surface area contributed by atoms with E-state index >= 15 is 0 Å². The molecule has 0 saturated heterocycles. The van der Waals surface area contributed by atoms with Crippen LogP contribution in [0.1, 0.15) is 350 Å². The minimum absolute atomic E-state index is 0.0836. The number of hydrogen-bond donors (Lipinski definition) is 3. The molecule has 0 bridgehead atoms. The fourth-order valence-corrected chi connectivity index (χ4v) is 12.3. The fraction of sp³-hybridized carbons (Fsp3) is 0.892. The van der Waals surface area contributed by atoms with Crippen LogP contribution < -0.4 is 0 Å². The quantitative estimate of drug-likeness (QED) is 0.0169. The lowest BCUT2D eigenvalue weighted by atomic mass is 9.99. The van der Waals surface area contributed by atoms with Gasteiger partial charge in [0, 0.05) is 25.7 Å². The van der Waals surface area contributed by atoms with Crippen molar-refractivity contribution in [3.63, 3.8) is 0 Å². The molecule has 0 amide bonds. The number of esters is 4. The summed E-state index contributed by atoms with van der Waals surface area (Å²) in [5.74, 6) is 0.0917. The van der Waals surface area contributed by atoms with E-state index in [2.05, 4.69) is 72.8 Å². The Kier molecular flexibility index (Phi) is 62.5. The van der Waals surface area contributed by atoms with E-state index in [-0.39, 0.29) is 25.7 Å². The van der Waals surface area contributed by atoms with E-state index in [9.17, 15) is 43.2 Å². The third-order valence-corrected chi connectivity index (χ3v) is 18.8. The molecule has 0 aromatic heterocycles. The lowest BCUT2D eigenvalue weighted by molar-refractivity contribution is -0.161. The zero-order chi connectivity index (χ0) is 68.7. The Morgan fingerprint density at radius 2 is 0.634 bits per heavy atom. The molecular formula is C74H140O17P2. The highest BCUT2D eigenvalue weighted by atomic mass is 31.2. The second kappa shape index (κ2) is 64.2. The van der Waals surface area contributed by atoms with Gasteiger partial charge < -0.3 is 33.8 Å². The van der Waals surface area contributed by atoms with Crippen LogP contribution in [0.5, 0.6) is 0 Å². The van der Waals surface area contributed by atoms with Crippen LogP contribution in [-0.2, 0) is 65.4 Å². The standard InChI is InChI=1S/C74H140O17P2/c1-8-10-11-12-13-14-15-16-17-21-24-27-34-43-50-58-74(79)91-70(62-85-72(77)56-49-42-37-36-39-46-53-66(5)6)64-89-93(82,83)87-60-68(75)59-86-92(80,81)88-63-69(61-84-71(76)55-48-41-33-30-29-32-40-47-54-67(7)9-2)90-73(78)57-51-44-35-28-25-22-19-18-20-23-26-31-38-45-52-65(3)4/h14-17,65-70,75H,8-13,18-64H2,1-7H3,(H,80,81)(H,82,83)/b15-14-,17-16-/t67?,68-,69-,70-/m1/s1. The molecule has 0 fully saturated rings. The van der Waals surface area contributed by atoms with Crippen molar-refractivity contribution in [3.8, 4) is 0 Å². The summed E-state index contributed by atoms with van der Waals surface area (Å²) in [6.45, 7) is 11.7. The zero-order valence-corrected chi connectivity index (χ0v) is 62.0. The summed E-state index contributed by atoms with van der Waals surface area (Å²) < 4.78 is 68.4. The summed E-state index contributed by atoms with van der Waals surface area (Å²) >= 11 is 0. The molecule has 0 rings (SSSR count). The summed E-state index contributed by atoms with van der Waals surface area (Å²) in [5.41, 5.74) is 0. The Morgan fingerprint density at radius 1 is 0.355 bits per heavy atom. The van der Waals surface area contributed by atoms with Crippen LogP contribution in [0.2, 0.25) is 0 Å². The molecule has 17 nitrogen and oxygen atoms in total. The van der Waals surface area contributed by atoms with Gasteiger partial charge in [-0.2, -0.15) is 0 Å². The van der Waals surface area contributed by atoms with Crippen LogP contribution >= 0.6 is 15.6 Å². The average molecular weight is 1360 g/mol. The van der Waals surface area contributed by atoms with E-state index in [1.165, 1.54) is 141 Å². The first-order valence-corrected chi connectivity index (χ1v) is 40.7. The average Bonchev–Trinajstić information content (AvgIpc) is 2.56. The van der Waals surface area contributed by atoms with Crippen molar-refractivity contribution >= 4 is 39.5 Å². The molecule has 0 radical (unpaired) electrons. The van der Waals surface area contributed by atoms with Gasteiger partial charge in [0.2, 0.25) is 0 Å². The van der Waals surface area contributed by atoms with Gasteiger partial charge in [-0.25, -0.2) is 9.13 Å². The topological polar surface area (TPSA) is 237 Å². The molecule has 0 heterocycles. The summed E-state index contributed by atoms with van der Waals surface area (Å²) in [6.07, 6.45) is 52.2. The predicted molar refractivity (Wildman–Crippen MR) is 377 cm³/mol. The molecule has 548 valence electrons. The molecule has 3 unspecified atom stereocenters. The third kappa shape index (κ3) is 66.6. The van der Waals surface area contributed by atoms with Gasteiger partial charge in [0.15, 0.2) is 12.2 Å². The van der Waals surface area contributed by atoms with Crippen molar-refractivity contribution in [2.75, 3.05) is 39.6 Å². The Bertz CT molecular complexity index is 1910. The van der Waals surface area contributed by atoms with Gasteiger partial charge in [0.1, 0.15) is 19.3 Å². The summed E-state index contributed by atoms with van der Waals surface area (Å²) in [6, 6.07) is 0. The van der Waals surface area contributed by atoms with Gasteiger partial charge >= 0.3 is 39.5 Å². The van der Waals surface area contributed by atoms with E-state index in [1.54, 1.807) is 0 Å². The molecule has 0 aliphatic carbocycles. The number of rotatable bonds is 70. The highest BCUT2D eigenvalue weighted by molar-refractivity contribution is 7.47. The minimum Gasteiger partial charge on any atom is -0.462 e. The second-order valence-electron chi connectivity index (χ2n) is 27.2. The molecule has 3 N–H and O–H groups in total. The Labute approximate surface area is 567 Å². The number of carbonyl (C=O) groups excluding carboxylic acids is 4. The van der Waals surface area contributed by atoms with E-state index < -0.39 is 97.5 Å². The van der Waals surface area contributed by atoms with Crippen molar-refractivity contribution < 1.29 is 80.2 Å². The van der Waals surface area contributed by atoms with E-state index in [1.807, 2.05) is 0 Å². The lowest BCUT2D eigenvalue weighted by Gasteiger charge is -2.21. The number of ether oxygens (including phenoxy) is 4. The maximum atomic E-state index is 13.1. The number of phosphoric acid groups is 2. The Morgan fingerprint density at radius 3 is 0.957 bits per heavy atom. The van der Waals surface area contributed by atoms with Crippen molar-refractivity contribution in [3.05, 3.63) is 24.3 Å². The second-order valence-corrected chi connectivity index (χ2v) is 30.1. The summed E-state index contributed by atoms with van der Waals surface area (Å²) in [7, 11) is -9.92. The molecule has 93 heavy (non-hydrogen) atoms. The summed E-state index contributed by atoms with van der Waals surface area (Å²) in [5, 5.41) is 10.6. The largest absolute Gasteiger partial charge is 0.472 e. The first-order valence-electron chi connectivity index (χ1n) is 37.7. The lowest BCUT2D eigenvalue weighted by Crippen LogP contribution is -2.30. The van der Waals surface area contributed by atoms with Crippen LogP contribution in [0.4, 0.5) is 0 Å². The minimum atomic E-state index is -4.96. The van der Waals surface area contributed by atoms with E-state index in [0.29, 0.717) is 31.6 Å². The van der Waals surface area contributed by atoms with Crippen molar-refractivity contribution in [2.45, 2.75) is 369 Å². The summed E-state index contributed by atoms with van der Waals surface area (Å²) in [4.78, 5) is 72.7. The van der Waals surface area contributed by atoms with Gasteiger partial charge in [-0.3, -0.25) is 37.3 Å². The fourth-order valence-electron chi connectivity index (χ4n) is 10.7. The van der Waals surface area contributed by atoms with Crippen LogP contribution in [-0.4, -0.2) is 96.7 Å². The third-order valence-electron chi connectivity index (χ3n) is 16.9. The van der Waals surface area contributed by atoms with Crippen molar-refractivity contribution in [1.82, 2.24) is 0 Å². The molecule has 0 spiro atoms. The number of carbonyl (C=O) groups is 4. The SMILES string of the molecule is CCCCCC/C=C\C=C/CCCCCCCC(=O)O[C@H](COC(=O)CCCCCCCCC(C)C)COP(=O)(O)OC[C@H](O)COP(=O)(O)OC[C@@H](COC(=O)CCCCCCCCCCC(C)CC)OC(=O)CCCCCCCCCCCCCCCCC(C)C. The molecule has 6 atom stereocenters. The Hall–Kier alpha value is -2.46.